The number of carbonyl (C=O) groups excluding carboxylic acids is 1. The number of carbonyl (C=O) groups is 1. The predicted molar refractivity (Wildman–Crippen MR) is 119 cm³/mol. The van der Waals surface area contributed by atoms with Gasteiger partial charge in [0.05, 0.1) is 17.6 Å². The van der Waals surface area contributed by atoms with E-state index in [1.807, 2.05) is 19.9 Å². The molecule has 0 N–H and O–H groups in total. The van der Waals surface area contributed by atoms with Crippen molar-refractivity contribution in [1.29, 1.82) is 0 Å². The zero-order valence-electron chi connectivity index (χ0n) is 18.3. The number of halogens is 3. The zero-order chi connectivity index (χ0) is 23.3. The molecule has 3 aromatic rings. The van der Waals surface area contributed by atoms with Crippen LogP contribution in [0.25, 0.3) is 11.3 Å². The first-order chi connectivity index (χ1) is 15.2. The summed E-state index contributed by atoms with van der Waals surface area (Å²) in [6, 6.07) is 10.6. The molecule has 0 spiro atoms. The molecule has 3 rings (SSSR count). The Labute approximate surface area is 189 Å². The predicted octanol–water partition coefficient (Wildman–Crippen LogP) is 5.54. The molecule has 2 aromatic heterocycles. The Bertz CT molecular complexity index is 1060. The van der Waals surface area contributed by atoms with Gasteiger partial charge in [0.15, 0.2) is 10.9 Å². The van der Waals surface area contributed by atoms with Crippen LogP contribution < -0.4 is 0 Å². The Balaban J connectivity index is 1.79. The van der Waals surface area contributed by atoms with Gasteiger partial charge in [0.2, 0.25) is 0 Å². The number of benzene rings is 1. The molecule has 0 unspecified atom stereocenters. The van der Waals surface area contributed by atoms with Crippen LogP contribution in [-0.4, -0.2) is 45.5 Å². The van der Waals surface area contributed by atoms with E-state index in [1.54, 1.807) is 37.4 Å². The summed E-state index contributed by atoms with van der Waals surface area (Å²) in [6.45, 7) is 4.02. The number of thioether (sulfide) groups is 1. The molecule has 9 heteroatoms. The summed E-state index contributed by atoms with van der Waals surface area (Å²) in [7, 11) is 1.65. The maximum atomic E-state index is 13.2. The Morgan fingerprint density at radius 3 is 2.53 bits per heavy atom. The number of alkyl halides is 3. The van der Waals surface area contributed by atoms with Gasteiger partial charge < -0.3 is 13.9 Å². The summed E-state index contributed by atoms with van der Waals surface area (Å²) in [5.74, 6) is -0.130. The van der Waals surface area contributed by atoms with E-state index in [0.717, 1.165) is 40.7 Å². The van der Waals surface area contributed by atoms with E-state index >= 15 is 0 Å². The van der Waals surface area contributed by atoms with E-state index < -0.39 is 12.7 Å². The van der Waals surface area contributed by atoms with Crippen molar-refractivity contribution in [2.75, 3.05) is 19.5 Å². The van der Waals surface area contributed by atoms with Gasteiger partial charge >= 0.3 is 6.18 Å². The van der Waals surface area contributed by atoms with Gasteiger partial charge in [-0.1, -0.05) is 42.1 Å². The molecular formula is C23H26F3N3O2S. The highest BCUT2D eigenvalue weighted by Crippen LogP contribution is 2.30. The highest BCUT2D eigenvalue weighted by molar-refractivity contribution is 7.99. The van der Waals surface area contributed by atoms with Crippen LogP contribution in [0.3, 0.4) is 0 Å². The second-order valence-corrected chi connectivity index (χ2v) is 8.43. The van der Waals surface area contributed by atoms with Gasteiger partial charge in [0.25, 0.3) is 0 Å². The molecule has 0 saturated heterocycles. The Morgan fingerprint density at radius 1 is 1.16 bits per heavy atom. The maximum Gasteiger partial charge on any atom is 0.406 e. The van der Waals surface area contributed by atoms with E-state index in [2.05, 4.69) is 9.55 Å². The van der Waals surface area contributed by atoms with Gasteiger partial charge in [-0.3, -0.25) is 4.79 Å². The molecule has 0 radical (unpaired) electrons. The minimum Gasteiger partial charge on any atom is -0.385 e. The van der Waals surface area contributed by atoms with E-state index in [9.17, 15) is 18.0 Å². The van der Waals surface area contributed by atoms with Crippen LogP contribution in [0.15, 0.2) is 47.8 Å². The lowest BCUT2D eigenvalue weighted by atomic mass is 10.2. The molecule has 172 valence electrons. The fourth-order valence-corrected chi connectivity index (χ4v) is 4.51. The Morgan fingerprint density at radius 2 is 1.88 bits per heavy atom. The normalized spacial score (nSPS) is 11.8. The SMILES string of the molecule is COCCCn1c(C)cc(C(=O)CSc2ncc(-c3ccccc3)n2CC(F)(F)F)c1C. The fourth-order valence-electron chi connectivity index (χ4n) is 3.65. The number of imidazole rings is 1. The van der Waals surface area contributed by atoms with Crippen LogP contribution in [0.2, 0.25) is 0 Å². The van der Waals surface area contributed by atoms with Crippen molar-refractivity contribution in [3.63, 3.8) is 0 Å². The molecule has 0 saturated carbocycles. The Hall–Kier alpha value is -2.52. The molecule has 0 aliphatic rings. The standard InChI is InChI=1S/C23H26F3N3O2S/c1-16-12-19(17(2)28(16)10-7-11-31-3)21(30)14-32-22-27-13-20(18-8-5-4-6-9-18)29(22)15-23(24,25)26/h4-6,8-9,12-13H,7,10-11,14-15H2,1-3H3. The molecule has 0 fully saturated rings. The van der Waals surface area contributed by atoms with Crippen LogP contribution in [0, 0.1) is 13.8 Å². The minimum absolute atomic E-state index is 0.00542. The fraction of sp³-hybridized carbons (Fsp3) is 0.391. The molecule has 32 heavy (non-hydrogen) atoms. The first kappa shape index (κ1) is 24.1. The Kier molecular flexibility index (Phi) is 7.84. The quantitative estimate of drug-likeness (QED) is 0.224. The van der Waals surface area contributed by atoms with Crippen LogP contribution >= 0.6 is 11.8 Å². The van der Waals surface area contributed by atoms with Gasteiger partial charge in [0, 0.05) is 37.2 Å². The lowest BCUT2D eigenvalue weighted by Crippen LogP contribution is -2.19. The van der Waals surface area contributed by atoms with E-state index in [0.29, 0.717) is 23.4 Å². The van der Waals surface area contributed by atoms with Crippen molar-refractivity contribution in [3.8, 4) is 11.3 Å². The van der Waals surface area contributed by atoms with Crippen molar-refractivity contribution in [3.05, 3.63) is 59.5 Å². The molecule has 0 aliphatic heterocycles. The highest BCUT2D eigenvalue weighted by Gasteiger charge is 2.31. The average Bonchev–Trinajstić information content (AvgIpc) is 3.26. The van der Waals surface area contributed by atoms with Gasteiger partial charge in [-0.05, 0) is 31.9 Å². The monoisotopic (exact) mass is 465 g/mol. The topological polar surface area (TPSA) is 49.1 Å². The smallest absolute Gasteiger partial charge is 0.385 e. The largest absolute Gasteiger partial charge is 0.406 e. The van der Waals surface area contributed by atoms with Gasteiger partial charge in [-0.25, -0.2) is 4.98 Å². The van der Waals surface area contributed by atoms with Crippen LogP contribution in [-0.2, 0) is 17.8 Å². The van der Waals surface area contributed by atoms with Crippen LogP contribution in [0.5, 0.6) is 0 Å². The number of methoxy groups -OCH3 is 1. The number of rotatable bonds is 10. The number of Topliss-reactive ketones (excluding diaryl/α,β-unsaturated/α-hetero) is 1. The highest BCUT2D eigenvalue weighted by atomic mass is 32.2. The number of hydrogen-bond donors (Lipinski definition) is 0. The summed E-state index contributed by atoms with van der Waals surface area (Å²) in [4.78, 5) is 17.1. The third-order valence-corrected chi connectivity index (χ3v) is 6.15. The molecule has 2 heterocycles. The summed E-state index contributed by atoms with van der Waals surface area (Å²) < 4.78 is 48.0. The van der Waals surface area contributed by atoms with Crippen LogP contribution in [0.4, 0.5) is 13.2 Å². The zero-order valence-corrected chi connectivity index (χ0v) is 19.1. The third-order valence-electron chi connectivity index (χ3n) is 5.16. The number of aryl methyl sites for hydroxylation is 1. The van der Waals surface area contributed by atoms with Crippen molar-refractivity contribution in [1.82, 2.24) is 14.1 Å². The molecule has 1 aromatic carbocycles. The molecule has 0 amide bonds. The maximum absolute atomic E-state index is 13.2. The molecular weight excluding hydrogens is 439 g/mol. The van der Waals surface area contributed by atoms with E-state index in [-0.39, 0.29) is 16.7 Å². The number of ether oxygens (including phenoxy) is 1. The number of hydrogen-bond acceptors (Lipinski definition) is 4. The van der Waals surface area contributed by atoms with Crippen molar-refractivity contribution >= 4 is 17.5 Å². The van der Waals surface area contributed by atoms with Gasteiger partial charge in [-0.2, -0.15) is 13.2 Å². The second-order valence-electron chi connectivity index (χ2n) is 7.49. The summed E-state index contributed by atoms with van der Waals surface area (Å²) in [5.41, 5.74) is 3.42. The molecule has 5 nitrogen and oxygen atoms in total. The first-order valence-electron chi connectivity index (χ1n) is 10.2. The van der Waals surface area contributed by atoms with E-state index in [4.69, 9.17) is 4.74 Å². The van der Waals surface area contributed by atoms with Gasteiger partial charge in [-0.15, -0.1) is 0 Å². The number of aromatic nitrogens is 3. The van der Waals surface area contributed by atoms with Crippen molar-refractivity contribution < 1.29 is 22.7 Å². The van der Waals surface area contributed by atoms with Crippen molar-refractivity contribution in [2.24, 2.45) is 0 Å². The summed E-state index contributed by atoms with van der Waals surface area (Å²) >= 11 is 1.02. The van der Waals surface area contributed by atoms with Crippen LogP contribution in [0.1, 0.15) is 28.2 Å². The number of ketones is 1. The third kappa shape index (κ3) is 5.83. The number of nitrogens with zero attached hydrogens (tertiary/aromatic N) is 3. The van der Waals surface area contributed by atoms with E-state index in [1.165, 1.54) is 6.20 Å². The molecule has 0 atom stereocenters. The van der Waals surface area contributed by atoms with Crippen molar-refractivity contribution in [2.45, 2.75) is 44.7 Å². The second kappa shape index (κ2) is 10.4. The summed E-state index contributed by atoms with van der Waals surface area (Å²) in [6.07, 6.45) is -2.15. The average molecular weight is 466 g/mol. The van der Waals surface area contributed by atoms with Gasteiger partial charge in [0.1, 0.15) is 6.54 Å². The first-order valence-corrected chi connectivity index (χ1v) is 11.2. The lowest BCUT2D eigenvalue weighted by molar-refractivity contribution is -0.141. The molecule has 0 aliphatic carbocycles. The lowest BCUT2D eigenvalue weighted by Gasteiger charge is -2.14. The molecule has 0 bridgehead atoms. The summed E-state index contributed by atoms with van der Waals surface area (Å²) in [5, 5.41) is 0.170. The minimum atomic E-state index is -4.41.